The molecule has 2 aliphatic rings. The van der Waals surface area contributed by atoms with E-state index in [1.165, 1.54) is 41.7 Å². The Morgan fingerprint density at radius 3 is 2.58 bits per heavy atom. The fraction of sp³-hybridized carbons (Fsp3) is 0.333. The SMILES string of the molecule is CC1=NC(C)=C(c2ccc3cc(-c4c(C5CCCCC5)c5sc(C(N)=O)cc5n4CC(=O)S)ccc3n2)C1. The Balaban J connectivity index is 1.53. The van der Waals surface area contributed by atoms with Gasteiger partial charge in [0.2, 0.25) is 5.12 Å². The van der Waals surface area contributed by atoms with Crippen molar-refractivity contribution >= 4 is 67.4 Å². The number of hydrogen-bond donors (Lipinski definition) is 2. The van der Waals surface area contributed by atoms with E-state index >= 15 is 0 Å². The zero-order valence-corrected chi connectivity index (χ0v) is 23.3. The first-order chi connectivity index (χ1) is 18.3. The van der Waals surface area contributed by atoms with Crippen LogP contribution in [0.5, 0.6) is 0 Å². The summed E-state index contributed by atoms with van der Waals surface area (Å²) >= 11 is 5.58. The molecular weight excluding hydrogens is 512 g/mol. The average molecular weight is 543 g/mol. The lowest BCUT2D eigenvalue weighted by Gasteiger charge is -2.23. The molecule has 4 heterocycles. The van der Waals surface area contributed by atoms with Crippen molar-refractivity contribution in [2.24, 2.45) is 10.7 Å². The van der Waals surface area contributed by atoms with Gasteiger partial charge in [-0.05, 0) is 68.0 Å². The molecule has 0 unspecified atom stereocenters. The fourth-order valence-electron chi connectivity index (χ4n) is 6.14. The first kappa shape index (κ1) is 25.1. The molecule has 1 aromatic carbocycles. The molecule has 1 aliphatic carbocycles. The van der Waals surface area contributed by atoms with Crippen LogP contribution in [0.2, 0.25) is 0 Å². The topological polar surface area (TPSA) is 90.3 Å². The molecule has 0 spiro atoms. The van der Waals surface area contributed by atoms with E-state index in [-0.39, 0.29) is 11.7 Å². The minimum Gasteiger partial charge on any atom is -0.365 e. The lowest BCUT2D eigenvalue weighted by molar-refractivity contribution is -0.111. The zero-order chi connectivity index (χ0) is 26.6. The number of thiophene rings is 1. The Morgan fingerprint density at radius 2 is 1.89 bits per heavy atom. The Hall–Kier alpha value is -3.23. The van der Waals surface area contributed by atoms with Crippen molar-refractivity contribution in [2.45, 2.75) is 64.8 Å². The number of allylic oxidation sites excluding steroid dienone is 2. The molecular formula is C30H30N4O2S2. The molecule has 0 bridgehead atoms. The maximum absolute atomic E-state index is 12.3. The number of rotatable bonds is 6. The summed E-state index contributed by atoms with van der Waals surface area (Å²) in [6.07, 6.45) is 6.63. The highest BCUT2D eigenvalue weighted by atomic mass is 32.1. The summed E-state index contributed by atoms with van der Waals surface area (Å²) in [7, 11) is 0. The van der Waals surface area contributed by atoms with Crippen molar-refractivity contribution in [1.29, 1.82) is 0 Å². The van der Waals surface area contributed by atoms with Crippen molar-refractivity contribution in [3.8, 4) is 11.3 Å². The van der Waals surface area contributed by atoms with Gasteiger partial charge in [-0.3, -0.25) is 14.6 Å². The summed E-state index contributed by atoms with van der Waals surface area (Å²) < 4.78 is 3.09. The standard InChI is InChI=1S/C30H30N4O2S2/c1-16-12-21(17(2)32-16)23-11-8-19-13-20(9-10-22(19)33-23)28-27(18-6-4-3-5-7-18)29-24(34(28)15-26(35)37)14-25(38-29)30(31)36/h8-11,13-14,18H,3-7,12,15H2,1-2H3,(H2,31,36)(H,35,37). The van der Waals surface area contributed by atoms with Crippen molar-refractivity contribution in [1.82, 2.24) is 9.55 Å². The smallest absolute Gasteiger partial charge is 0.258 e. The van der Waals surface area contributed by atoms with E-state index < -0.39 is 5.91 Å². The van der Waals surface area contributed by atoms with Crippen LogP contribution in [0.4, 0.5) is 0 Å². The van der Waals surface area contributed by atoms with Crippen molar-refractivity contribution < 1.29 is 9.59 Å². The molecule has 1 saturated carbocycles. The second-order valence-corrected chi connectivity index (χ2v) is 12.0. The van der Waals surface area contributed by atoms with E-state index in [0.29, 0.717) is 10.8 Å². The van der Waals surface area contributed by atoms with Crippen LogP contribution in [0.3, 0.4) is 0 Å². The number of amides is 1. The van der Waals surface area contributed by atoms with Crippen LogP contribution < -0.4 is 5.73 Å². The number of pyridine rings is 1. The third-order valence-corrected chi connectivity index (χ3v) is 9.14. The minimum atomic E-state index is -0.438. The van der Waals surface area contributed by atoms with E-state index in [4.69, 9.17) is 10.7 Å². The number of thiol groups is 1. The number of aliphatic imine (C=N–C) groups is 1. The Kier molecular flexibility index (Phi) is 6.48. The highest BCUT2D eigenvalue weighted by Crippen LogP contribution is 2.47. The molecule has 1 aliphatic heterocycles. The Labute approximate surface area is 231 Å². The van der Waals surface area contributed by atoms with E-state index in [9.17, 15) is 9.59 Å². The van der Waals surface area contributed by atoms with Gasteiger partial charge in [0.1, 0.15) is 0 Å². The molecule has 6 nitrogen and oxygen atoms in total. The fourth-order valence-corrected chi connectivity index (χ4v) is 7.42. The van der Waals surface area contributed by atoms with Crippen molar-refractivity contribution in [3.63, 3.8) is 0 Å². The minimum absolute atomic E-state index is 0.124. The molecule has 0 saturated heterocycles. The molecule has 4 aromatic rings. The van der Waals surface area contributed by atoms with Crippen LogP contribution in [0.1, 0.15) is 79.2 Å². The van der Waals surface area contributed by atoms with Gasteiger partial charge < -0.3 is 10.3 Å². The molecule has 1 amide bonds. The predicted molar refractivity (Wildman–Crippen MR) is 159 cm³/mol. The van der Waals surface area contributed by atoms with Crippen LogP contribution in [0.15, 0.2) is 47.1 Å². The number of hydrogen-bond acceptors (Lipinski definition) is 5. The number of primary amides is 1. The molecule has 2 N–H and O–H groups in total. The molecule has 0 atom stereocenters. The van der Waals surface area contributed by atoms with E-state index in [1.54, 1.807) is 0 Å². The van der Waals surface area contributed by atoms with Gasteiger partial charge in [0, 0.05) is 28.8 Å². The number of fused-ring (bicyclic) bond motifs is 2. The summed E-state index contributed by atoms with van der Waals surface area (Å²) in [5, 5.41) is 0.816. The maximum atomic E-state index is 12.3. The van der Waals surface area contributed by atoms with Gasteiger partial charge >= 0.3 is 0 Å². The maximum Gasteiger partial charge on any atom is 0.258 e. The second-order valence-electron chi connectivity index (χ2n) is 10.5. The molecule has 3 aromatic heterocycles. The molecule has 38 heavy (non-hydrogen) atoms. The third kappa shape index (κ3) is 4.39. The zero-order valence-electron chi connectivity index (χ0n) is 21.6. The molecule has 0 radical (unpaired) electrons. The summed E-state index contributed by atoms with van der Waals surface area (Å²) in [4.78, 5) is 34.5. The molecule has 8 heteroatoms. The Bertz CT molecular complexity index is 1690. The normalized spacial score (nSPS) is 16.6. The lowest BCUT2D eigenvalue weighted by Crippen LogP contribution is -2.11. The van der Waals surface area contributed by atoms with Gasteiger partial charge in [0.05, 0.1) is 38.5 Å². The van der Waals surface area contributed by atoms with Crippen LogP contribution in [-0.2, 0) is 11.3 Å². The van der Waals surface area contributed by atoms with Crippen molar-refractivity contribution in [3.05, 3.63) is 58.2 Å². The second kappa shape index (κ2) is 9.82. The first-order valence-electron chi connectivity index (χ1n) is 13.1. The van der Waals surface area contributed by atoms with Gasteiger partial charge in [-0.2, -0.15) is 0 Å². The number of nitrogens with zero attached hydrogens (tertiary/aromatic N) is 3. The van der Waals surface area contributed by atoms with Crippen LogP contribution in [0, 0.1) is 0 Å². The summed E-state index contributed by atoms with van der Waals surface area (Å²) in [6, 6.07) is 12.4. The quantitative estimate of drug-likeness (QED) is 0.254. The number of nitrogens with two attached hydrogens (primary N) is 1. The Morgan fingerprint density at radius 1 is 1.11 bits per heavy atom. The number of benzene rings is 1. The number of carbonyl (C=O) groups is 2. The highest BCUT2D eigenvalue weighted by molar-refractivity contribution is 7.96. The van der Waals surface area contributed by atoms with E-state index in [2.05, 4.69) is 54.9 Å². The monoisotopic (exact) mass is 542 g/mol. The first-order valence-corrected chi connectivity index (χ1v) is 14.4. The van der Waals surface area contributed by atoms with Gasteiger partial charge in [-0.1, -0.05) is 31.4 Å². The van der Waals surface area contributed by atoms with Gasteiger partial charge in [0.25, 0.3) is 5.91 Å². The predicted octanol–water partition coefficient (Wildman–Crippen LogP) is 7.12. The highest BCUT2D eigenvalue weighted by Gasteiger charge is 2.29. The van der Waals surface area contributed by atoms with E-state index in [0.717, 1.165) is 68.7 Å². The summed E-state index contributed by atoms with van der Waals surface area (Å²) in [5.74, 6) is -0.0690. The molecule has 1 fully saturated rings. The molecule has 6 rings (SSSR count). The van der Waals surface area contributed by atoms with E-state index in [1.807, 2.05) is 17.6 Å². The van der Waals surface area contributed by atoms with Crippen LogP contribution in [-0.4, -0.2) is 26.3 Å². The average Bonchev–Trinajstić information content (AvgIpc) is 3.56. The summed E-state index contributed by atoms with van der Waals surface area (Å²) in [5.41, 5.74) is 15.1. The van der Waals surface area contributed by atoms with Gasteiger partial charge in [0.15, 0.2) is 0 Å². The molecule has 194 valence electrons. The largest absolute Gasteiger partial charge is 0.365 e. The van der Waals surface area contributed by atoms with Crippen LogP contribution >= 0.6 is 24.0 Å². The lowest BCUT2D eigenvalue weighted by atomic mass is 9.83. The summed E-state index contributed by atoms with van der Waals surface area (Å²) in [6.45, 7) is 4.22. The van der Waals surface area contributed by atoms with Crippen LogP contribution in [0.25, 0.3) is 38.0 Å². The number of carbonyl (C=O) groups excluding carboxylic acids is 2. The van der Waals surface area contributed by atoms with Gasteiger partial charge in [-0.25, -0.2) is 4.98 Å². The third-order valence-electron chi connectivity index (χ3n) is 7.82. The number of aromatic nitrogens is 2. The van der Waals surface area contributed by atoms with Crippen molar-refractivity contribution in [2.75, 3.05) is 0 Å². The van der Waals surface area contributed by atoms with Gasteiger partial charge in [-0.15, -0.1) is 24.0 Å².